The number of ether oxygens (including phenoxy) is 2. The molecule has 0 unspecified atom stereocenters. The van der Waals surface area contributed by atoms with Crippen molar-refractivity contribution >= 4 is 11.8 Å². The quantitative estimate of drug-likeness (QED) is 0.811. The van der Waals surface area contributed by atoms with Crippen molar-refractivity contribution in [3.8, 4) is 5.88 Å². The van der Waals surface area contributed by atoms with Crippen LogP contribution in [0.4, 0.5) is 0 Å². The van der Waals surface area contributed by atoms with E-state index in [1.165, 1.54) is 7.11 Å². The Morgan fingerprint density at radius 2 is 2.00 bits per heavy atom. The zero-order valence-electron chi connectivity index (χ0n) is 15.7. The Kier molecular flexibility index (Phi) is 5.46. The molecule has 0 saturated carbocycles. The van der Waals surface area contributed by atoms with Crippen LogP contribution in [0.25, 0.3) is 0 Å². The largest absolute Gasteiger partial charge is 0.480 e. The van der Waals surface area contributed by atoms with Gasteiger partial charge in [-0.05, 0) is 30.4 Å². The van der Waals surface area contributed by atoms with Crippen LogP contribution in [0.3, 0.4) is 0 Å². The highest BCUT2D eigenvalue weighted by atomic mass is 16.5. The van der Waals surface area contributed by atoms with E-state index in [0.29, 0.717) is 37.1 Å². The molecule has 142 valence electrons. The van der Waals surface area contributed by atoms with Gasteiger partial charge in [0.25, 0.3) is 5.91 Å². The molecule has 2 aliphatic rings. The molecule has 2 fully saturated rings. The molecule has 2 amide bonds. The second-order valence-electron chi connectivity index (χ2n) is 7.27. The van der Waals surface area contributed by atoms with Crippen molar-refractivity contribution in [2.45, 2.75) is 19.8 Å². The van der Waals surface area contributed by atoms with Gasteiger partial charge in [0.05, 0.1) is 13.7 Å². The van der Waals surface area contributed by atoms with E-state index in [4.69, 9.17) is 9.47 Å². The molecule has 1 aromatic heterocycles. The number of hydrogen-bond acceptors (Lipinski definition) is 5. The van der Waals surface area contributed by atoms with Crippen molar-refractivity contribution in [3.05, 3.63) is 23.9 Å². The fraction of sp³-hybridized carbons (Fsp3) is 0.632. The van der Waals surface area contributed by atoms with E-state index in [0.717, 1.165) is 25.9 Å². The summed E-state index contributed by atoms with van der Waals surface area (Å²) in [5, 5.41) is 0. The molecule has 0 aromatic carbocycles. The number of nitrogens with zero attached hydrogens (tertiary/aromatic N) is 3. The smallest absolute Gasteiger partial charge is 0.259 e. The summed E-state index contributed by atoms with van der Waals surface area (Å²) in [6.45, 7) is 5.11. The van der Waals surface area contributed by atoms with Crippen LogP contribution in [0.5, 0.6) is 5.88 Å². The molecule has 0 radical (unpaired) electrons. The van der Waals surface area contributed by atoms with Crippen LogP contribution >= 0.6 is 0 Å². The van der Waals surface area contributed by atoms with E-state index in [1.54, 1.807) is 32.4 Å². The highest BCUT2D eigenvalue weighted by Crippen LogP contribution is 2.45. The lowest BCUT2D eigenvalue weighted by Crippen LogP contribution is -2.47. The Balaban J connectivity index is 1.71. The average Bonchev–Trinajstić information content (AvgIpc) is 3.00. The van der Waals surface area contributed by atoms with E-state index in [2.05, 4.69) is 4.98 Å². The number of pyridine rings is 1. The third kappa shape index (κ3) is 3.40. The molecule has 1 aromatic rings. The number of piperidine rings is 1. The van der Waals surface area contributed by atoms with Crippen LogP contribution in [0.1, 0.15) is 30.1 Å². The van der Waals surface area contributed by atoms with Crippen molar-refractivity contribution in [1.82, 2.24) is 14.8 Å². The minimum absolute atomic E-state index is 0.0392. The summed E-state index contributed by atoms with van der Waals surface area (Å²) in [6.07, 6.45) is 3.36. The second-order valence-corrected chi connectivity index (χ2v) is 7.27. The van der Waals surface area contributed by atoms with Crippen molar-refractivity contribution in [1.29, 1.82) is 0 Å². The minimum Gasteiger partial charge on any atom is -0.480 e. The maximum Gasteiger partial charge on any atom is 0.259 e. The molecule has 1 atom stereocenters. The fourth-order valence-corrected chi connectivity index (χ4v) is 4.31. The number of amides is 2. The number of carbonyl (C=O) groups is 2. The summed E-state index contributed by atoms with van der Waals surface area (Å²) in [5.41, 5.74) is 0.536. The predicted octanol–water partition coefficient (Wildman–Crippen LogP) is 1.44. The van der Waals surface area contributed by atoms with Gasteiger partial charge in [-0.3, -0.25) is 9.59 Å². The van der Waals surface area contributed by atoms with E-state index in [9.17, 15) is 9.59 Å². The first kappa shape index (κ1) is 18.6. The van der Waals surface area contributed by atoms with Gasteiger partial charge in [0.2, 0.25) is 11.8 Å². The van der Waals surface area contributed by atoms with Crippen molar-refractivity contribution in [3.63, 3.8) is 0 Å². The monoisotopic (exact) mass is 361 g/mol. The summed E-state index contributed by atoms with van der Waals surface area (Å²) < 4.78 is 10.6. The van der Waals surface area contributed by atoms with Crippen LogP contribution < -0.4 is 4.74 Å². The molecule has 0 N–H and O–H groups in total. The molecule has 26 heavy (non-hydrogen) atoms. The first-order valence-electron chi connectivity index (χ1n) is 9.03. The molecular formula is C19H27N3O4. The third-order valence-corrected chi connectivity index (χ3v) is 5.87. The first-order valence-corrected chi connectivity index (χ1v) is 9.03. The average molecular weight is 361 g/mol. The highest BCUT2D eigenvalue weighted by molar-refractivity contribution is 5.96. The van der Waals surface area contributed by atoms with Crippen LogP contribution in [0.15, 0.2) is 18.3 Å². The fourth-order valence-electron chi connectivity index (χ4n) is 4.31. The Labute approximate surface area is 154 Å². The van der Waals surface area contributed by atoms with Gasteiger partial charge in [0.15, 0.2) is 0 Å². The van der Waals surface area contributed by atoms with E-state index in [1.807, 2.05) is 9.80 Å². The Morgan fingerprint density at radius 3 is 2.62 bits per heavy atom. The minimum atomic E-state index is -0.0467. The number of hydrogen-bond donors (Lipinski definition) is 0. The van der Waals surface area contributed by atoms with Crippen LogP contribution in [0.2, 0.25) is 0 Å². The van der Waals surface area contributed by atoms with Crippen molar-refractivity contribution < 1.29 is 19.1 Å². The Morgan fingerprint density at radius 1 is 1.27 bits per heavy atom. The molecule has 1 spiro atoms. The molecule has 2 saturated heterocycles. The predicted molar refractivity (Wildman–Crippen MR) is 96.0 cm³/mol. The highest BCUT2D eigenvalue weighted by Gasteiger charge is 2.49. The zero-order chi connectivity index (χ0) is 18.7. The van der Waals surface area contributed by atoms with Gasteiger partial charge in [0, 0.05) is 52.3 Å². The lowest BCUT2D eigenvalue weighted by atomic mass is 9.71. The van der Waals surface area contributed by atoms with Crippen molar-refractivity contribution in [2.24, 2.45) is 11.3 Å². The number of methoxy groups -OCH3 is 2. The molecule has 3 heterocycles. The summed E-state index contributed by atoms with van der Waals surface area (Å²) in [4.78, 5) is 32.6. The van der Waals surface area contributed by atoms with Crippen molar-refractivity contribution in [2.75, 3.05) is 47.0 Å². The Bertz CT molecular complexity index is 671. The van der Waals surface area contributed by atoms with Crippen LogP contribution in [0, 0.1) is 11.3 Å². The van der Waals surface area contributed by atoms with Crippen LogP contribution in [-0.4, -0.2) is 73.6 Å². The zero-order valence-corrected chi connectivity index (χ0v) is 15.7. The molecule has 7 nitrogen and oxygen atoms in total. The van der Waals surface area contributed by atoms with E-state index < -0.39 is 0 Å². The topological polar surface area (TPSA) is 72.0 Å². The first-order chi connectivity index (χ1) is 12.5. The molecule has 0 bridgehead atoms. The maximum atomic E-state index is 12.9. The second kappa shape index (κ2) is 7.61. The van der Waals surface area contributed by atoms with Gasteiger partial charge in [-0.25, -0.2) is 4.98 Å². The SMILES string of the molecule is COC[C@H]1CN(C(C)=O)CC12CCN(C(=O)c1cccnc1OC)CC2. The maximum absolute atomic E-state index is 12.9. The van der Waals surface area contributed by atoms with Gasteiger partial charge in [0.1, 0.15) is 5.56 Å². The summed E-state index contributed by atoms with van der Waals surface area (Å²) in [6, 6.07) is 3.50. The number of carbonyl (C=O) groups excluding carboxylic acids is 2. The molecule has 7 heteroatoms. The molecule has 2 aliphatic heterocycles. The summed E-state index contributed by atoms with van der Waals surface area (Å²) in [7, 11) is 3.23. The lowest BCUT2D eigenvalue weighted by molar-refractivity contribution is -0.128. The molecule has 3 rings (SSSR count). The van der Waals surface area contributed by atoms with E-state index in [-0.39, 0.29) is 17.2 Å². The lowest BCUT2D eigenvalue weighted by Gasteiger charge is -2.42. The number of aromatic nitrogens is 1. The Hall–Kier alpha value is -2.15. The van der Waals surface area contributed by atoms with Gasteiger partial charge < -0.3 is 19.3 Å². The summed E-state index contributed by atoms with van der Waals surface area (Å²) >= 11 is 0. The van der Waals surface area contributed by atoms with Gasteiger partial charge in [-0.2, -0.15) is 0 Å². The molecule has 0 aliphatic carbocycles. The number of rotatable bonds is 4. The van der Waals surface area contributed by atoms with Gasteiger partial charge in [-0.1, -0.05) is 0 Å². The third-order valence-electron chi connectivity index (χ3n) is 5.87. The van der Waals surface area contributed by atoms with Gasteiger partial charge in [-0.15, -0.1) is 0 Å². The number of likely N-dealkylation sites (tertiary alicyclic amines) is 2. The van der Waals surface area contributed by atoms with Gasteiger partial charge >= 0.3 is 0 Å². The van der Waals surface area contributed by atoms with Crippen LogP contribution in [-0.2, 0) is 9.53 Å². The molecular weight excluding hydrogens is 334 g/mol. The summed E-state index contributed by atoms with van der Waals surface area (Å²) in [5.74, 6) is 0.747. The van der Waals surface area contributed by atoms with E-state index >= 15 is 0 Å². The standard InChI is InChI=1S/C19H27N3O4/c1-14(23)22-11-15(12-25-2)19(13-22)6-9-21(10-7-19)18(24)16-5-4-8-20-17(16)26-3/h4-5,8,15H,6-7,9-13H2,1-3H3/t15-/m1/s1. The normalized spacial score (nSPS) is 21.9.